The van der Waals surface area contributed by atoms with Crippen LogP contribution in [0, 0.1) is 0 Å². The predicted octanol–water partition coefficient (Wildman–Crippen LogP) is 3.76. The molecule has 5 heteroatoms. The summed E-state index contributed by atoms with van der Waals surface area (Å²) >= 11 is 0. The first-order valence-corrected chi connectivity index (χ1v) is 25.2. The average molecular weight is 479 g/mol. The zero-order valence-corrected chi connectivity index (χ0v) is 23.8. The van der Waals surface area contributed by atoms with Crippen LogP contribution in [0.2, 0.25) is 0 Å². The van der Waals surface area contributed by atoms with Crippen LogP contribution in [-0.4, -0.2) is 41.7 Å². The first kappa shape index (κ1) is 20.1. The van der Waals surface area contributed by atoms with Gasteiger partial charge in [-0.15, -0.1) is 0 Å². The molecule has 1 heterocycles. The van der Waals surface area contributed by atoms with Gasteiger partial charge in [-0.25, -0.2) is 0 Å². The van der Waals surface area contributed by atoms with Gasteiger partial charge < -0.3 is 4.43 Å². The predicted molar refractivity (Wildman–Crippen MR) is 154 cm³/mol. The summed E-state index contributed by atoms with van der Waals surface area (Å²) in [6, 6.07) is 35.6. The lowest BCUT2D eigenvalue weighted by Gasteiger charge is -2.09. The Kier molecular flexibility index (Phi) is 5.50. The lowest BCUT2D eigenvalue weighted by atomic mass is 9.95. The van der Waals surface area contributed by atoms with E-state index >= 15 is 0 Å². The molecular formula is C27H26OSi4. The van der Waals surface area contributed by atoms with Crippen molar-refractivity contribution in [3.8, 4) is 0 Å². The van der Waals surface area contributed by atoms with Crippen molar-refractivity contribution in [3.63, 3.8) is 0 Å². The molecule has 1 aliphatic rings. The highest BCUT2D eigenvalue weighted by molar-refractivity contribution is 7.44. The molecule has 6 aromatic rings. The van der Waals surface area contributed by atoms with E-state index in [9.17, 15) is 0 Å². The second-order valence-corrected chi connectivity index (χ2v) is 32.4. The quantitative estimate of drug-likeness (QED) is 0.183. The van der Waals surface area contributed by atoms with Crippen molar-refractivity contribution in [2.24, 2.45) is 0 Å². The Bertz CT molecular complexity index is 1560. The SMILES string of the molecule is C1O[SiH2][SiH2][SiH2][SiH2]1.c1ccc2cc3cc4c(ccc5cc6ccccc6cc54)cc3cc2c1. The Labute approximate surface area is 196 Å². The van der Waals surface area contributed by atoms with E-state index < -0.39 is 0 Å². The van der Waals surface area contributed by atoms with Gasteiger partial charge in [0.2, 0.25) is 0 Å². The number of fused-ring (bicyclic) bond motifs is 6. The van der Waals surface area contributed by atoms with Crippen molar-refractivity contribution in [1.82, 2.24) is 0 Å². The summed E-state index contributed by atoms with van der Waals surface area (Å²) in [6.07, 6.45) is 1.30. The van der Waals surface area contributed by atoms with Crippen molar-refractivity contribution in [1.29, 1.82) is 0 Å². The van der Waals surface area contributed by atoms with Crippen molar-refractivity contribution >= 4 is 89.3 Å². The molecule has 0 saturated carbocycles. The average Bonchev–Trinajstić information content (AvgIpc) is 2.86. The zero-order chi connectivity index (χ0) is 21.3. The number of benzene rings is 6. The number of hydrogen-bond donors (Lipinski definition) is 0. The Morgan fingerprint density at radius 3 is 1.41 bits per heavy atom. The van der Waals surface area contributed by atoms with E-state index in [4.69, 9.17) is 4.43 Å². The third-order valence-corrected chi connectivity index (χ3v) is 40.3. The van der Waals surface area contributed by atoms with Crippen molar-refractivity contribution in [2.75, 3.05) is 6.23 Å². The molecule has 0 aliphatic carbocycles. The fourth-order valence-electron chi connectivity index (χ4n) is 4.88. The van der Waals surface area contributed by atoms with E-state index in [2.05, 4.69) is 97.1 Å². The van der Waals surface area contributed by atoms with E-state index in [-0.39, 0.29) is 9.28 Å². The summed E-state index contributed by atoms with van der Waals surface area (Å²) in [5.41, 5.74) is 0. The molecule has 156 valence electrons. The van der Waals surface area contributed by atoms with Gasteiger partial charge in [-0.05, 0) is 98.8 Å². The minimum Gasteiger partial charge on any atom is -0.432 e. The molecule has 0 radical (unpaired) electrons. The lowest BCUT2D eigenvalue weighted by Crippen LogP contribution is -2.31. The Morgan fingerprint density at radius 2 is 0.938 bits per heavy atom. The van der Waals surface area contributed by atoms with Gasteiger partial charge in [0.05, 0.1) is 0 Å². The maximum absolute atomic E-state index is 5.37. The third-order valence-electron chi connectivity index (χ3n) is 6.60. The van der Waals surface area contributed by atoms with Crippen LogP contribution in [0.5, 0.6) is 0 Å². The van der Waals surface area contributed by atoms with Crippen LogP contribution in [0.15, 0.2) is 97.1 Å². The third kappa shape index (κ3) is 3.87. The van der Waals surface area contributed by atoms with Crippen LogP contribution in [0.3, 0.4) is 0 Å². The van der Waals surface area contributed by atoms with Crippen LogP contribution < -0.4 is 0 Å². The monoisotopic (exact) mass is 478 g/mol. The van der Waals surface area contributed by atoms with Crippen LogP contribution >= 0.6 is 0 Å². The molecule has 6 aromatic carbocycles. The van der Waals surface area contributed by atoms with Gasteiger partial charge in [0.15, 0.2) is 0 Å². The highest BCUT2D eigenvalue weighted by Gasteiger charge is 2.06. The first-order chi connectivity index (χ1) is 15.8. The molecule has 0 spiro atoms. The first-order valence-electron chi connectivity index (χ1n) is 11.6. The second-order valence-electron chi connectivity index (χ2n) is 8.78. The molecule has 0 N–H and O–H groups in total. The largest absolute Gasteiger partial charge is 0.432 e. The Balaban J connectivity index is 0.000000285. The van der Waals surface area contributed by atoms with E-state index in [0.717, 1.165) is 8.55 Å². The maximum Gasteiger partial charge on any atom is 0.139 e. The molecule has 1 nitrogen and oxygen atoms in total. The normalized spacial score (nSPS) is 17.1. The van der Waals surface area contributed by atoms with Gasteiger partial charge in [0.25, 0.3) is 0 Å². The van der Waals surface area contributed by atoms with Gasteiger partial charge in [0.1, 0.15) is 9.28 Å². The molecule has 32 heavy (non-hydrogen) atoms. The smallest absolute Gasteiger partial charge is 0.139 e. The molecule has 0 aromatic heterocycles. The minimum absolute atomic E-state index is 0.244. The summed E-state index contributed by atoms with van der Waals surface area (Å²) in [5, 5.41) is 13.1. The molecule has 1 fully saturated rings. The molecular weight excluding hydrogens is 453 g/mol. The maximum atomic E-state index is 5.37. The van der Waals surface area contributed by atoms with E-state index in [1.807, 2.05) is 0 Å². The lowest BCUT2D eigenvalue weighted by molar-refractivity contribution is 0.421. The topological polar surface area (TPSA) is 9.23 Å². The summed E-state index contributed by atoms with van der Waals surface area (Å²) in [4.78, 5) is 0. The molecule has 0 bridgehead atoms. The zero-order valence-electron chi connectivity index (χ0n) is 18.2. The van der Waals surface area contributed by atoms with E-state index in [0.29, 0.717) is 17.6 Å². The standard InChI is InChI=1S/C26H16.CH10OSi4/c1-2-7-19-13-24-16-26-22(14-23(24)12-18(19)6-1)10-9-21-11-17-5-3-4-8-20(17)15-25(21)26;1-2-4-6-5-3-1/h1-16H;1,3-6H2. The van der Waals surface area contributed by atoms with Crippen LogP contribution in [0.25, 0.3) is 53.9 Å². The van der Waals surface area contributed by atoms with Crippen molar-refractivity contribution < 1.29 is 4.43 Å². The van der Waals surface area contributed by atoms with Crippen LogP contribution in [-0.2, 0) is 4.43 Å². The highest BCUT2D eigenvalue weighted by Crippen LogP contribution is 2.33. The molecule has 0 unspecified atom stereocenters. The van der Waals surface area contributed by atoms with Crippen LogP contribution in [0.4, 0.5) is 0 Å². The van der Waals surface area contributed by atoms with Gasteiger partial charge >= 0.3 is 0 Å². The molecule has 7 rings (SSSR count). The number of rotatable bonds is 0. The molecule has 0 atom stereocenters. The van der Waals surface area contributed by atoms with Crippen molar-refractivity contribution in [3.05, 3.63) is 97.1 Å². The highest BCUT2D eigenvalue weighted by atomic mass is 29.7. The van der Waals surface area contributed by atoms with E-state index in [1.165, 1.54) is 60.1 Å². The summed E-state index contributed by atoms with van der Waals surface area (Å²) < 4.78 is 5.37. The Morgan fingerprint density at radius 1 is 0.469 bits per heavy atom. The number of hydrogen-bond acceptors (Lipinski definition) is 1. The van der Waals surface area contributed by atoms with Gasteiger partial charge in [-0.1, -0.05) is 60.7 Å². The summed E-state index contributed by atoms with van der Waals surface area (Å²) in [6.45, 7) is 0. The summed E-state index contributed by atoms with van der Waals surface area (Å²) in [5.74, 6) is 0. The minimum atomic E-state index is 0.244. The fourth-order valence-corrected chi connectivity index (χ4v) is 37.8. The van der Waals surface area contributed by atoms with Crippen LogP contribution in [0.1, 0.15) is 0 Å². The second kappa shape index (κ2) is 8.77. The molecule has 0 amide bonds. The van der Waals surface area contributed by atoms with Crippen molar-refractivity contribution in [2.45, 2.75) is 0 Å². The Hall–Kier alpha value is -2.55. The van der Waals surface area contributed by atoms with E-state index in [1.54, 1.807) is 0 Å². The summed E-state index contributed by atoms with van der Waals surface area (Å²) in [7, 11) is 2.11. The fraction of sp³-hybridized carbons (Fsp3) is 0.0370. The van der Waals surface area contributed by atoms with Gasteiger partial charge in [-0.3, -0.25) is 0 Å². The molecule has 1 aliphatic heterocycles. The molecule has 1 saturated heterocycles. The van der Waals surface area contributed by atoms with Gasteiger partial charge in [0, 0.05) is 23.8 Å². The van der Waals surface area contributed by atoms with Gasteiger partial charge in [-0.2, -0.15) is 0 Å².